The Morgan fingerprint density at radius 1 is 1.10 bits per heavy atom. The number of nitrogens with zero attached hydrogens (tertiary/aromatic N) is 3. The molecule has 0 spiro atoms. The van der Waals surface area contributed by atoms with Crippen molar-refractivity contribution in [1.82, 2.24) is 19.9 Å². The summed E-state index contributed by atoms with van der Waals surface area (Å²) in [5.41, 5.74) is 6.58. The second kappa shape index (κ2) is 7.88. The molecular weight excluding hydrogens is 392 g/mol. The summed E-state index contributed by atoms with van der Waals surface area (Å²) in [4.78, 5) is 25.6. The fourth-order valence-electron chi connectivity index (χ4n) is 3.94. The van der Waals surface area contributed by atoms with Crippen molar-refractivity contribution in [3.8, 4) is 0 Å². The normalized spacial score (nSPS) is 13.5. The van der Waals surface area contributed by atoms with E-state index in [1.807, 2.05) is 19.1 Å². The van der Waals surface area contributed by atoms with Crippen LogP contribution in [0.15, 0.2) is 51.8 Å². The van der Waals surface area contributed by atoms with E-state index in [9.17, 15) is 4.79 Å². The van der Waals surface area contributed by atoms with E-state index in [2.05, 4.69) is 55.6 Å². The molecule has 0 aliphatic carbocycles. The maximum atomic E-state index is 11.4. The molecule has 8 nitrogen and oxygen atoms in total. The highest BCUT2D eigenvalue weighted by Crippen LogP contribution is 2.28. The fourth-order valence-corrected chi connectivity index (χ4v) is 3.94. The average Bonchev–Trinajstić information content (AvgIpc) is 3.31. The zero-order chi connectivity index (χ0) is 21.4. The topological polar surface area (TPSA) is 99.1 Å². The lowest BCUT2D eigenvalue weighted by Gasteiger charge is -2.12. The van der Waals surface area contributed by atoms with Gasteiger partial charge in [0.1, 0.15) is 5.82 Å². The highest BCUT2D eigenvalue weighted by molar-refractivity contribution is 5.78. The molecule has 3 heterocycles. The molecule has 0 atom stereocenters. The van der Waals surface area contributed by atoms with E-state index in [1.165, 1.54) is 11.1 Å². The van der Waals surface area contributed by atoms with Crippen LogP contribution in [0.2, 0.25) is 0 Å². The first kappa shape index (κ1) is 19.3. The lowest BCUT2D eigenvalue weighted by Crippen LogP contribution is -2.16. The molecule has 5 rings (SSSR count). The fraction of sp³-hybridized carbons (Fsp3) is 0.261. The summed E-state index contributed by atoms with van der Waals surface area (Å²) >= 11 is 0. The van der Waals surface area contributed by atoms with Gasteiger partial charge in [-0.05, 0) is 61.3 Å². The van der Waals surface area contributed by atoms with E-state index in [-0.39, 0.29) is 0 Å². The Morgan fingerprint density at radius 2 is 1.90 bits per heavy atom. The third kappa shape index (κ3) is 4.02. The van der Waals surface area contributed by atoms with Crippen LogP contribution in [0.4, 0.5) is 23.1 Å². The Labute approximate surface area is 179 Å². The van der Waals surface area contributed by atoms with E-state index in [0.717, 1.165) is 43.0 Å². The number of aromatic nitrogens is 3. The monoisotopic (exact) mass is 416 g/mol. The summed E-state index contributed by atoms with van der Waals surface area (Å²) in [5.74, 6) is 0.747. The van der Waals surface area contributed by atoms with Crippen LogP contribution in [0.5, 0.6) is 0 Å². The molecule has 0 amide bonds. The van der Waals surface area contributed by atoms with E-state index < -0.39 is 5.76 Å². The number of aryl methyl sites for hydroxylation is 1. The largest absolute Gasteiger partial charge is 0.417 e. The molecule has 0 fully saturated rings. The molecule has 3 N–H and O–H groups in total. The molecule has 0 saturated heterocycles. The number of hydrogen-bond acceptors (Lipinski definition) is 7. The Balaban J connectivity index is 1.35. The van der Waals surface area contributed by atoms with Gasteiger partial charge in [0.05, 0.1) is 5.52 Å². The summed E-state index contributed by atoms with van der Waals surface area (Å²) in [6.45, 7) is 7.28. The number of hydrogen-bond donors (Lipinski definition) is 3. The predicted molar refractivity (Wildman–Crippen MR) is 121 cm³/mol. The lowest BCUT2D eigenvalue weighted by molar-refractivity contribution is 0.285. The maximum Gasteiger partial charge on any atom is 0.417 e. The number of fused-ring (bicyclic) bond motifs is 2. The average molecular weight is 416 g/mol. The highest BCUT2D eigenvalue weighted by atomic mass is 16.4. The number of anilines is 4. The minimum absolute atomic E-state index is 0.469. The smallest absolute Gasteiger partial charge is 0.408 e. The second-order valence-corrected chi connectivity index (χ2v) is 7.89. The molecule has 1 aliphatic heterocycles. The summed E-state index contributed by atoms with van der Waals surface area (Å²) < 4.78 is 5.06. The van der Waals surface area contributed by atoms with E-state index in [1.54, 1.807) is 12.3 Å². The molecular formula is C23H24N6O2. The zero-order valence-electron chi connectivity index (χ0n) is 17.5. The van der Waals surface area contributed by atoms with Gasteiger partial charge in [-0.3, -0.25) is 9.88 Å². The van der Waals surface area contributed by atoms with Gasteiger partial charge in [-0.25, -0.2) is 9.78 Å². The number of benzene rings is 2. The van der Waals surface area contributed by atoms with E-state index in [0.29, 0.717) is 22.9 Å². The Morgan fingerprint density at radius 3 is 2.77 bits per heavy atom. The van der Waals surface area contributed by atoms with Crippen molar-refractivity contribution in [2.45, 2.75) is 33.4 Å². The second-order valence-electron chi connectivity index (χ2n) is 7.89. The molecule has 31 heavy (non-hydrogen) atoms. The van der Waals surface area contributed by atoms with Gasteiger partial charge in [0, 0.05) is 36.2 Å². The zero-order valence-corrected chi connectivity index (χ0v) is 17.5. The van der Waals surface area contributed by atoms with Crippen LogP contribution in [-0.2, 0) is 13.1 Å². The molecule has 0 bridgehead atoms. The van der Waals surface area contributed by atoms with Crippen molar-refractivity contribution in [2.24, 2.45) is 0 Å². The van der Waals surface area contributed by atoms with Crippen LogP contribution in [0.3, 0.4) is 0 Å². The number of oxazole rings is 1. The molecule has 4 aromatic rings. The van der Waals surface area contributed by atoms with Crippen LogP contribution in [0.1, 0.15) is 30.0 Å². The van der Waals surface area contributed by atoms with Crippen molar-refractivity contribution in [3.05, 3.63) is 69.8 Å². The molecule has 158 valence electrons. The first-order chi connectivity index (χ1) is 15.1. The van der Waals surface area contributed by atoms with Gasteiger partial charge < -0.3 is 15.1 Å². The van der Waals surface area contributed by atoms with Crippen LogP contribution in [0.25, 0.3) is 11.1 Å². The van der Waals surface area contributed by atoms with Gasteiger partial charge >= 0.3 is 5.76 Å². The Kier molecular flexibility index (Phi) is 4.91. The molecule has 1 aliphatic rings. The molecule has 2 aromatic carbocycles. The number of H-pyrrole nitrogens is 1. The van der Waals surface area contributed by atoms with Crippen LogP contribution in [-0.4, -0.2) is 26.4 Å². The molecule has 8 heteroatoms. The highest BCUT2D eigenvalue weighted by Gasteiger charge is 2.18. The SMILES string of the molecule is CCCN1Cc2ccc(Nc3ncc(C)c(Nc4ccc5oc(=O)[nH]c5c4)n3)cc2C1. The maximum absolute atomic E-state index is 11.4. The van der Waals surface area contributed by atoms with Gasteiger partial charge in [-0.15, -0.1) is 0 Å². The van der Waals surface area contributed by atoms with Crippen molar-refractivity contribution in [1.29, 1.82) is 0 Å². The van der Waals surface area contributed by atoms with Gasteiger partial charge in [0.25, 0.3) is 0 Å². The predicted octanol–water partition coefficient (Wildman–Crippen LogP) is 4.43. The molecule has 0 radical (unpaired) electrons. The van der Waals surface area contributed by atoms with Gasteiger partial charge in [0.15, 0.2) is 5.58 Å². The Bertz CT molecular complexity index is 1310. The van der Waals surface area contributed by atoms with Crippen molar-refractivity contribution in [2.75, 3.05) is 17.2 Å². The molecule has 2 aromatic heterocycles. The van der Waals surface area contributed by atoms with Gasteiger partial charge in [-0.2, -0.15) is 4.98 Å². The number of nitrogens with one attached hydrogen (secondary N) is 3. The molecule has 0 saturated carbocycles. The summed E-state index contributed by atoms with van der Waals surface area (Å²) in [6.07, 6.45) is 2.95. The molecule has 0 unspecified atom stereocenters. The van der Waals surface area contributed by atoms with E-state index >= 15 is 0 Å². The first-order valence-electron chi connectivity index (χ1n) is 10.4. The summed E-state index contributed by atoms with van der Waals surface area (Å²) in [6, 6.07) is 11.9. The third-order valence-corrected chi connectivity index (χ3v) is 5.44. The summed E-state index contributed by atoms with van der Waals surface area (Å²) in [7, 11) is 0. The minimum Gasteiger partial charge on any atom is -0.408 e. The summed E-state index contributed by atoms with van der Waals surface area (Å²) in [5, 5.41) is 6.62. The van der Waals surface area contributed by atoms with Crippen LogP contribution >= 0.6 is 0 Å². The standard InChI is InChI=1S/C23H24N6O2/c1-3-8-29-12-15-4-5-17(9-16(15)13-29)26-22-24-11-14(2)21(28-22)25-18-6-7-20-19(10-18)27-23(30)31-20/h4-7,9-11H,3,8,12-13H2,1-2H3,(H,27,30)(H2,24,25,26,28). The number of rotatable bonds is 6. The van der Waals surface area contributed by atoms with Crippen LogP contribution in [0, 0.1) is 6.92 Å². The lowest BCUT2D eigenvalue weighted by atomic mass is 10.1. The first-order valence-corrected chi connectivity index (χ1v) is 10.4. The van der Waals surface area contributed by atoms with Crippen molar-refractivity contribution >= 4 is 34.2 Å². The van der Waals surface area contributed by atoms with Crippen molar-refractivity contribution < 1.29 is 4.42 Å². The van der Waals surface area contributed by atoms with Gasteiger partial charge in [-0.1, -0.05) is 13.0 Å². The van der Waals surface area contributed by atoms with E-state index in [4.69, 9.17) is 4.42 Å². The van der Waals surface area contributed by atoms with Crippen molar-refractivity contribution in [3.63, 3.8) is 0 Å². The quantitative estimate of drug-likeness (QED) is 0.427. The minimum atomic E-state index is -0.469. The van der Waals surface area contributed by atoms with Crippen LogP contribution < -0.4 is 16.4 Å². The number of aromatic amines is 1. The Hall–Kier alpha value is -3.65. The third-order valence-electron chi connectivity index (χ3n) is 5.44. The van der Waals surface area contributed by atoms with Gasteiger partial charge in [0.2, 0.25) is 5.95 Å².